The maximum Gasteiger partial charge on any atom is 0.335 e. The van der Waals surface area contributed by atoms with Crippen LogP contribution in [0.5, 0.6) is 0 Å². The molecule has 3 N–H and O–H groups in total. The van der Waals surface area contributed by atoms with Crippen LogP contribution in [0.1, 0.15) is 28.4 Å². The third-order valence-electron chi connectivity index (χ3n) is 1.90. The summed E-state index contributed by atoms with van der Waals surface area (Å²) in [7, 11) is 0. The summed E-state index contributed by atoms with van der Waals surface area (Å²) >= 11 is 0. The number of carboxylic acid groups (broad SMARTS) is 1. The van der Waals surface area contributed by atoms with Gasteiger partial charge in [0.15, 0.2) is 0 Å². The molecule has 4 nitrogen and oxygen atoms in total. The van der Waals surface area contributed by atoms with E-state index in [9.17, 15) is 4.79 Å². The van der Waals surface area contributed by atoms with Crippen molar-refractivity contribution in [1.29, 1.82) is 5.26 Å². The SMILES string of the molecule is Cl.N#CC[C@H](N)c1ccc(C(=O)O)cc1. The van der Waals surface area contributed by atoms with E-state index in [2.05, 4.69) is 0 Å². The number of nitriles is 1. The summed E-state index contributed by atoms with van der Waals surface area (Å²) in [6.07, 6.45) is 0.229. The number of carboxylic acids is 1. The lowest BCUT2D eigenvalue weighted by atomic mass is 10.0. The van der Waals surface area contributed by atoms with Crippen molar-refractivity contribution in [3.63, 3.8) is 0 Å². The summed E-state index contributed by atoms with van der Waals surface area (Å²) in [5.41, 5.74) is 6.66. The number of hydrogen-bond acceptors (Lipinski definition) is 3. The molecule has 15 heavy (non-hydrogen) atoms. The molecule has 0 fully saturated rings. The van der Waals surface area contributed by atoms with Gasteiger partial charge in [-0.05, 0) is 17.7 Å². The Morgan fingerprint density at radius 2 is 2.00 bits per heavy atom. The van der Waals surface area contributed by atoms with Crippen molar-refractivity contribution in [2.45, 2.75) is 12.5 Å². The number of rotatable bonds is 3. The molecule has 0 bridgehead atoms. The number of carbonyl (C=O) groups is 1. The van der Waals surface area contributed by atoms with Gasteiger partial charge in [0.1, 0.15) is 0 Å². The standard InChI is InChI=1S/C10H10N2O2.ClH/c11-6-5-9(12)7-1-3-8(4-2-7)10(13)14;/h1-4,9H,5,12H2,(H,13,14);1H/t9-;/m0./s1. The van der Waals surface area contributed by atoms with E-state index in [1.807, 2.05) is 6.07 Å². The summed E-state index contributed by atoms with van der Waals surface area (Å²) in [5, 5.41) is 17.1. The molecule has 1 aromatic carbocycles. The van der Waals surface area contributed by atoms with Crippen molar-refractivity contribution in [2.75, 3.05) is 0 Å². The average molecular weight is 227 g/mol. The van der Waals surface area contributed by atoms with Crippen LogP contribution in [0, 0.1) is 11.3 Å². The van der Waals surface area contributed by atoms with Crippen LogP contribution in [0.25, 0.3) is 0 Å². The molecule has 0 aliphatic rings. The second kappa shape index (κ2) is 6.02. The lowest BCUT2D eigenvalue weighted by Crippen LogP contribution is -2.09. The van der Waals surface area contributed by atoms with Crippen LogP contribution >= 0.6 is 12.4 Å². The maximum absolute atomic E-state index is 10.5. The van der Waals surface area contributed by atoms with Gasteiger partial charge >= 0.3 is 5.97 Å². The molecule has 0 spiro atoms. The molecule has 1 atom stereocenters. The van der Waals surface area contributed by atoms with Gasteiger partial charge in [-0.25, -0.2) is 4.79 Å². The number of nitrogens with two attached hydrogens (primary N) is 1. The van der Waals surface area contributed by atoms with Crippen LogP contribution in [0.3, 0.4) is 0 Å². The fourth-order valence-electron chi connectivity index (χ4n) is 1.09. The molecule has 0 amide bonds. The highest BCUT2D eigenvalue weighted by atomic mass is 35.5. The molecule has 0 unspecified atom stereocenters. The van der Waals surface area contributed by atoms with Crippen LogP contribution in [0.4, 0.5) is 0 Å². The van der Waals surface area contributed by atoms with Crippen molar-refractivity contribution < 1.29 is 9.90 Å². The number of hydrogen-bond donors (Lipinski definition) is 2. The Bertz CT molecular complexity index is 370. The average Bonchev–Trinajstić information content (AvgIpc) is 2.18. The summed E-state index contributed by atoms with van der Waals surface area (Å²) in [5.74, 6) is -0.967. The zero-order chi connectivity index (χ0) is 10.6. The van der Waals surface area contributed by atoms with Crippen molar-refractivity contribution >= 4 is 18.4 Å². The van der Waals surface area contributed by atoms with E-state index in [0.29, 0.717) is 0 Å². The maximum atomic E-state index is 10.5. The second-order valence-corrected chi connectivity index (χ2v) is 2.90. The van der Waals surface area contributed by atoms with Gasteiger partial charge in [0.2, 0.25) is 0 Å². The van der Waals surface area contributed by atoms with E-state index in [0.717, 1.165) is 5.56 Å². The third-order valence-corrected chi connectivity index (χ3v) is 1.90. The molecule has 80 valence electrons. The minimum Gasteiger partial charge on any atom is -0.478 e. The molecule has 0 aliphatic heterocycles. The molecule has 1 rings (SSSR count). The van der Waals surface area contributed by atoms with E-state index >= 15 is 0 Å². The van der Waals surface area contributed by atoms with Gasteiger partial charge in [0.05, 0.1) is 18.1 Å². The van der Waals surface area contributed by atoms with Crippen LogP contribution in [-0.4, -0.2) is 11.1 Å². The third kappa shape index (κ3) is 3.58. The molecule has 0 aromatic heterocycles. The first-order valence-electron chi connectivity index (χ1n) is 4.11. The van der Waals surface area contributed by atoms with E-state index in [1.54, 1.807) is 12.1 Å². The minimum absolute atomic E-state index is 0. The number of benzene rings is 1. The van der Waals surface area contributed by atoms with Crippen molar-refractivity contribution in [1.82, 2.24) is 0 Å². The van der Waals surface area contributed by atoms with E-state index < -0.39 is 5.97 Å². The van der Waals surface area contributed by atoms with Gasteiger partial charge in [0, 0.05) is 6.04 Å². The fraction of sp³-hybridized carbons (Fsp3) is 0.200. The van der Waals surface area contributed by atoms with Gasteiger partial charge in [0.25, 0.3) is 0 Å². The Morgan fingerprint density at radius 3 is 2.40 bits per heavy atom. The predicted octanol–water partition coefficient (Wildman–Crippen LogP) is 1.72. The van der Waals surface area contributed by atoms with Crippen LogP contribution in [0.2, 0.25) is 0 Å². The molecule has 0 heterocycles. The Kier molecular flexibility index (Phi) is 5.39. The topological polar surface area (TPSA) is 87.1 Å². The van der Waals surface area contributed by atoms with Crippen molar-refractivity contribution in [2.24, 2.45) is 5.73 Å². The van der Waals surface area contributed by atoms with Gasteiger partial charge in [-0.15, -0.1) is 12.4 Å². The highest BCUT2D eigenvalue weighted by Gasteiger charge is 2.06. The van der Waals surface area contributed by atoms with Gasteiger partial charge in [-0.1, -0.05) is 12.1 Å². The fourth-order valence-corrected chi connectivity index (χ4v) is 1.09. The molecule has 5 heteroatoms. The molecule has 0 aliphatic carbocycles. The zero-order valence-electron chi connectivity index (χ0n) is 7.88. The molecular weight excluding hydrogens is 216 g/mol. The normalized spacial score (nSPS) is 10.9. The first-order valence-corrected chi connectivity index (χ1v) is 4.11. The molecule has 0 saturated heterocycles. The number of halogens is 1. The van der Waals surface area contributed by atoms with Crippen LogP contribution in [0.15, 0.2) is 24.3 Å². The summed E-state index contributed by atoms with van der Waals surface area (Å²) in [6.45, 7) is 0. The quantitative estimate of drug-likeness (QED) is 0.822. The lowest BCUT2D eigenvalue weighted by Gasteiger charge is -2.07. The van der Waals surface area contributed by atoms with Crippen molar-refractivity contribution in [3.8, 4) is 6.07 Å². The molecule has 0 saturated carbocycles. The Morgan fingerprint density at radius 1 is 1.47 bits per heavy atom. The molecular formula is C10H11ClN2O2. The summed E-state index contributed by atoms with van der Waals surface area (Å²) < 4.78 is 0. The Hall–Kier alpha value is -1.57. The van der Waals surface area contributed by atoms with Crippen LogP contribution < -0.4 is 5.73 Å². The lowest BCUT2D eigenvalue weighted by molar-refractivity contribution is 0.0697. The van der Waals surface area contributed by atoms with E-state index in [-0.39, 0.29) is 30.4 Å². The number of aromatic carboxylic acids is 1. The summed E-state index contributed by atoms with van der Waals surface area (Å²) in [4.78, 5) is 10.5. The first-order chi connectivity index (χ1) is 6.65. The monoisotopic (exact) mass is 226 g/mol. The van der Waals surface area contributed by atoms with E-state index in [1.165, 1.54) is 12.1 Å². The number of nitrogens with zero attached hydrogens (tertiary/aromatic N) is 1. The van der Waals surface area contributed by atoms with Crippen molar-refractivity contribution in [3.05, 3.63) is 35.4 Å². The summed E-state index contributed by atoms with van der Waals surface area (Å²) in [6, 6.07) is 7.84. The predicted molar refractivity (Wildman–Crippen MR) is 57.8 cm³/mol. The smallest absolute Gasteiger partial charge is 0.335 e. The van der Waals surface area contributed by atoms with Gasteiger partial charge in [-0.2, -0.15) is 5.26 Å². The second-order valence-electron chi connectivity index (χ2n) is 2.90. The molecule has 1 aromatic rings. The highest BCUT2D eigenvalue weighted by molar-refractivity contribution is 5.87. The first kappa shape index (κ1) is 13.4. The highest BCUT2D eigenvalue weighted by Crippen LogP contribution is 2.14. The van der Waals surface area contributed by atoms with Gasteiger partial charge in [-0.3, -0.25) is 0 Å². The Labute approximate surface area is 93.7 Å². The zero-order valence-corrected chi connectivity index (χ0v) is 8.70. The largest absolute Gasteiger partial charge is 0.478 e. The minimum atomic E-state index is -0.967. The van der Waals surface area contributed by atoms with Crippen LogP contribution in [-0.2, 0) is 0 Å². The molecule has 0 radical (unpaired) electrons. The Balaban J connectivity index is 0.00000196. The van der Waals surface area contributed by atoms with Gasteiger partial charge < -0.3 is 10.8 Å². The van der Waals surface area contributed by atoms with E-state index in [4.69, 9.17) is 16.1 Å².